The van der Waals surface area contributed by atoms with Crippen molar-refractivity contribution in [2.24, 2.45) is 0 Å². The Kier molecular flexibility index (Phi) is 9.80. The molecule has 0 spiro atoms. The summed E-state index contributed by atoms with van der Waals surface area (Å²) in [4.78, 5) is 10.7. The van der Waals surface area contributed by atoms with Crippen LogP contribution in [0.5, 0.6) is 0 Å². The van der Waals surface area contributed by atoms with Gasteiger partial charge in [0.1, 0.15) is 0 Å². The zero-order chi connectivity index (χ0) is 17.1. The summed E-state index contributed by atoms with van der Waals surface area (Å²) < 4.78 is 5.60. The molecule has 0 aliphatic rings. The molecule has 0 heterocycles. The van der Waals surface area contributed by atoms with E-state index in [1.807, 2.05) is 18.2 Å². The van der Waals surface area contributed by atoms with Crippen molar-refractivity contribution in [3.05, 3.63) is 45.0 Å². The second-order valence-corrected chi connectivity index (χ2v) is 6.46. The Labute approximate surface area is 147 Å². The Morgan fingerprint density at radius 2 is 1.78 bits per heavy atom. The molecular weight excluding hydrogens is 358 g/mol. The highest BCUT2D eigenvalue weighted by atomic mass is 79.9. The minimum absolute atomic E-state index is 0.213. The molecule has 5 heteroatoms. The quantitative estimate of drug-likeness (QED) is 0.216. The van der Waals surface area contributed by atoms with Gasteiger partial charge in [0.15, 0.2) is 0 Å². The van der Waals surface area contributed by atoms with Gasteiger partial charge in [-0.05, 0) is 50.8 Å². The summed E-state index contributed by atoms with van der Waals surface area (Å²) in [5, 5.41) is 12.0. The largest absolute Gasteiger partial charge is 0.381 e. The lowest BCUT2D eigenvalue weighted by Crippen LogP contribution is -1.96. The fourth-order valence-corrected chi connectivity index (χ4v) is 2.90. The van der Waals surface area contributed by atoms with E-state index >= 15 is 0 Å². The van der Waals surface area contributed by atoms with E-state index in [0.29, 0.717) is 11.1 Å². The van der Waals surface area contributed by atoms with Crippen molar-refractivity contribution in [3.63, 3.8) is 0 Å². The number of unbranched alkanes of at least 4 members (excludes halogenated alkanes) is 3. The molecule has 23 heavy (non-hydrogen) atoms. The second kappa shape index (κ2) is 11.4. The molecule has 0 bridgehead atoms. The van der Waals surface area contributed by atoms with Gasteiger partial charge in [-0.2, -0.15) is 0 Å². The number of hydrogen-bond acceptors (Lipinski definition) is 3. The Bertz CT molecular complexity index is 506. The molecule has 0 radical (unpaired) electrons. The van der Waals surface area contributed by atoms with E-state index in [2.05, 4.69) is 22.0 Å². The third kappa shape index (κ3) is 7.75. The second-order valence-electron chi connectivity index (χ2n) is 5.67. The average Bonchev–Trinajstić information content (AvgIpc) is 2.48. The molecule has 1 aromatic rings. The van der Waals surface area contributed by atoms with E-state index < -0.39 is 0 Å². The van der Waals surface area contributed by atoms with Gasteiger partial charge in [0, 0.05) is 23.1 Å². The van der Waals surface area contributed by atoms with Crippen LogP contribution in [0.15, 0.2) is 18.2 Å². The first kappa shape index (κ1) is 19.8. The van der Waals surface area contributed by atoms with Crippen molar-refractivity contribution in [1.29, 1.82) is 0 Å². The highest BCUT2D eigenvalue weighted by molar-refractivity contribution is 9.09. The number of rotatable bonds is 11. The molecule has 0 unspecified atom stereocenters. The summed E-state index contributed by atoms with van der Waals surface area (Å²) in [6, 6.07) is 3.71. The Morgan fingerprint density at radius 1 is 1.13 bits per heavy atom. The van der Waals surface area contributed by atoms with E-state index in [4.69, 9.17) is 4.74 Å². The number of nitro benzene ring substituents is 1. The number of ether oxygens (including phenoxy) is 1. The molecule has 128 valence electrons. The van der Waals surface area contributed by atoms with Crippen LogP contribution >= 0.6 is 15.9 Å². The summed E-state index contributed by atoms with van der Waals surface area (Å²) in [5.74, 6) is 0. The minimum Gasteiger partial charge on any atom is -0.381 e. The van der Waals surface area contributed by atoms with Gasteiger partial charge in [-0.3, -0.25) is 10.1 Å². The molecule has 0 aromatic heterocycles. The van der Waals surface area contributed by atoms with Crippen molar-refractivity contribution < 1.29 is 9.66 Å². The third-order valence-electron chi connectivity index (χ3n) is 3.61. The van der Waals surface area contributed by atoms with Crippen LogP contribution in [0, 0.1) is 24.0 Å². The average molecular weight is 384 g/mol. The Morgan fingerprint density at radius 3 is 2.39 bits per heavy atom. The third-order valence-corrected chi connectivity index (χ3v) is 4.17. The molecular formula is C18H26BrNO3. The zero-order valence-electron chi connectivity index (χ0n) is 14.0. The number of alkyl halides is 1. The van der Waals surface area contributed by atoms with Crippen molar-refractivity contribution >= 4 is 27.7 Å². The zero-order valence-corrected chi connectivity index (χ0v) is 15.6. The van der Waals surface area contributed by atoms with Crippen LogP contribution in [0.1, 0.15) is 48.8 Å². The lowest BCUT2D eigenvalue weighted by atomic mass is 10.0. The van der Waals surface area contributed by atoms with Crippen molar-refractivity contribution in [2.75, 3.05) is 18.5 Å². The van der Waals surface area contributed by atoms with Gasteiger partial charge in [0.05, 0.1) is 11.5 Å². The lowest BCUT2D eigenvalue weighted by molar-refractivity contribution is -0.386. The van der Waals surface area contributed by atoms with Crippen LogP contribution in [-0.2, 0) is 4.74 Å². The number of nitro groups is 1. The molecule has 0 aliphatic carbocycles. The standard InChI is InChI=1S/C18H26BrNO3/c1-15-13-17(14-16(2)18(15)20(21)22)9-5-8-12-23-11-7-4-3-6-10-19/h5,9,13-14H,3-4,6-8,10-12H2,1-2H3/b9-5+. The van der Waals surface area contributed by atoms with Gasteiger partial charge < -0.3 is 4.74 Å². The van der Waals surface area contributed by atoms with Gasteiger partial charge in [-0.25, -0.2) is 0 Å². The van der Waals surface area contributed by atoms with Gasteiger partial charge in [0.2, 0.25) is 0 Å². The molecule has 0 saturated carbocycles. The van der Waals surface area contributed by atoms with Gasteiger partial charge in [0.25, 0.3) is 5.69 Å². The highest BCUT2D eigenvalue weighted by Crippen LogP contribution is 2.24. The van der Waals surface area contributed by atoms with Crippen LogP contribution in [0.4, 0.5) is 5.69 Å². The number of aryl methyl sites for hydroxylation is 2. The number of halogens is 1. The SMILES string of the molecule is Cc1cc(/C=C/CCOCCCCCCBr)cc(C)c1[N+](=O)[O-]. The van der Waals surface area contributed by atoms with Crippen LogP contribution < -0.4 is 0 Å². The molecule has 1 aromatic carbocycles. The molecule has 0 aliphatic heterocycles. The first-order valence-corrected chi connectivity index (χ1v) is 9.24. The Balaban J connectivity index is 2.29. The minimum atomic E-state index is -0.316. The molecule has 4 nitrogen and oxygen atoms in total. The predicted molar refractivity (Wildman–Crippen MR) is 99.3 cm³/mol. The van der Waals surface area contributed by atoms with Crippen LogP contribution in [0.3, 0.4) is 0 Å². The topological polar surface area (TPSA) is 52.4 Å². The van der Waals surface area contributed by atoms with E-state index in [9.17, 15) is 10.1 Å². The normalized spacial score (nSPS) is 11.3. The smallest absolute Gasteiger partial charge is 0.275 e. The van der Waals surface area contributed by atoms with Crippen LogP contribution in [0.2, 0.25) is 0 Å². The molecule has 0 N–H and O–H groups in total. The fourth-order valence-electron chi connectivity index (χ4n) is 2.50. The summed E-state index contributed by atoms with van der Waals surface area (Å²) in [7, 11) is 0. The summed E-state index contributed by atoms with van der Waals surface area (Å²) in [6.07, 6.45) is 9.76. The maximum atomic E-state index is 11.0. The Hall–Kier alpha value is -1.20. The summed E-state index contributed by atoms with van der Waals surface area (Å²) >= 11 is 3.43. The van der Waals surface area contributed by atoms with E-state index in [-0.39, 0.29) is 10.6 Å². The molecule has 0 atom stereocenters. The lowest BCUT2D eigenvalue weighted by Gasteiger charge is -2.04. The van der Waals surface area contributed by atoms with Crippen LogP contribution in [-0.4, -0.2) is 23.5 Å². The number of hydrogen-bond donors (Lipinski definition) is 0. The molecule has 0 amide bonds. The highest BCUT2D eigenvalue weighted by Gasteiger charge is 2.14. The molecule has 0 fully saturated rings. The summed E-state index contributed by atoms with van der Waals surface area (Å²) in [6.45, 7) is 5.11. The molecule has 1 rings (SSSR count). The summed E-state index contributed by atoms with van der Waals surface area (Å²) in [5.41, 5.74) is 2.62. The van der Waals surface area contributed by atoms with Gasteiger partial charge >= 0.3 is 0 Å². The first-order valence-electron chi connectivity index (χ1n) is 8.12. The van der Waals surface area contributed by atoms with Crippen molar-refractivity contribution in [3.8, 4) is 0 Å². The number of benzene rings is 1. The van der Waals surface area contributed by atoms with Crippen molar-refractivity contribution in [1.82, 2.24) is 0 Å². The first-order chi connectivity index (χ1) is 11.1. The van der Waals surface area contributed by atoms with Crippen molar-refractivity contribution in [2.45, 2.75) is 46.0 Å². The fraction of sp³-hybridized carbons (Fsp3) is 0.556. The van der Waals surface area contributed by atoms with E-state index in [1.165, 1.54) is 19.3 Å². The van der Waals surface area contributed by atoms with Gasteiger partial charge in [-0.15, -0.1) is 0 Å². The number of nitrogens with zero attached hydrogens (tertiary/aromatic N) is 1. The van der Waals surface area contributed by atoms with Gasteiger partial charge in [-0.1, -0.05) is 40.9 Å². The predicted octanol–water partition coefficient (Wildman–Crippen LogP) is 5.59. The maximum Gasteiger partial charge on any atom is 0.275 e. The van der Waals surface area contributed by atoms with Crippen LogP contribution in [0.25, 0.3) is 6.08 Å². The maximum absolute atomic E-state index is 11.0. The van der Waals surface area contributed by atoms with E-state index in [1.54, 1.807) is 13.8 Å². The molecule has 0 saturated heterocycles. The van der Waals surface area contributed by atoms with E-state index in [0.717, 1.165) is 36.9 Å². The monoisotopic (exact) mass is 383 g/mol.